The van der Waals surface area contributed by atoms with Crippen molar-refractivity contribution >= 4 is 47.1 Å². The summed E-state index contributed by atoms with van der Waals surface area (Å²) in [5, 5.41) is 210. The standard InChI is InChI=1S/C42H75N5O25.C15H27NO7.C14H26N2O7/c1-3-43-23(50)7-5-4-6-8-44-24(51)13-47(14-25(52)45-9-11-65-39-34(61)31(58)27(54)19(2)68-39)15-26(53)46-10-12-66-41-37(64)38(72-42-36(63)33(60)29(56)21(17-49)70-42)30(57)22(71-41)18-67-40-35(62)32(59)28(55)20(16-48)69-40;1-3-16-11(18)7-6-10(17)5-4-8-22-15-14(21)13(20)12(19)9(2)23-15;1-3-15-9(17)4-5-10(18)16-6-7-22-14-13(21)12(20)11(19)8(2)23-14/h19-22,27-42,48-49,54-64H,3-18H2,1-2H3,(H,43,50)(H,44,51)(H,45,52)(H,46,53);9,12-15,19-21H,3-8H2,1-2H3,(H,16,18);8,11-14,19-21H,3-7H2,1-2H3,(H,15,17)(H,16,18)/t19-,20+,21+,22+,27+,28+,29+,30+,31+,32-,33-,34-,35-,36-,37-,38-,39+,40-,41+,42+;9-,12+,13+,14-,15+;8-,11+,12+,13-,14+/m000/s1. The number of rotatable bonds is 45. The van der Waals surface area contributed by atoms with E-state index in [0.717, 1.165) is 0 Å². The van der Waals surface area contributed by atoms with E-state index >= 15 is 0 Å². The third kappa shape index (κ3) is 34.8. The number of nitrogens with zero attached hydrogens (tertiary/aromatic N) is 1. The highest BCUT2D eigenvalue weighted by molar-refractivity contribution is 5.85. The van der Waals surface area contributed by atoms with Crippen molar-refractivity contribution in [3.63, 3.8) is 0 Å². The number of aliphatic hydroxyl groups excluding tert-OH is 19. The van der Waals surface area contributed by atoms with Gasteiger partial charge in [0.1, 0.15) is 134 Å². The fourth-order valence-electron chi connectivity index (χ4n) is 12.4. The Morgan fingerprint density at radius 3 is 1.04 bits per heavy atom. The van der Waals surface area contributed by atoms with Crippen LogP contribution >= 0.6 is 0 Å². The van der Waals surface area contributed by atoms with E-state index in [-0.39, 0.29) is 108 Å². The lowest BCUT2D eigenvalue weighted by Gasteiger charge is -2.46. The second kappa shape index (κ2) is 55.0. The van der Waals surface area contributed by atoms with E-state index in [1.165, 1.54) is 11.8 Å². The zero-order valence-electron chi connectivity index (χ0n) is 67.0. The summed E-state index contributed by atoms with van der Waals surface area (Å²) in [6.07, 6.45) is -40.8. The average molecular weight is 1720 g/mol. The Hall–Kier alpha value is -5.32. The largest absolute Gasteiger partial charge is 0.394 e. The minimum atomic E-state index is -1.97. The van der Waals surface area contributed by atoms with Crippen LogP contribution in [0.1, 0.15) is 106 Å². The minimum absolute atomic E-state index is 0.0335. The van der Waals surface area contributed by atoms with Gasteiger partial charge in [0.25, 0.3) is 0 Å². The number of ether oxygens (including phenoxy) is 12. The Balaban J connectivity index is 0.000000512. The summed E-state index contributed by atoms with van der Waals surface area (Å²) >= 11 is 0. The molecule has 0 radical (unpaired) electrons. The van der Waals surface area contributed by atoms with Gasteiger partial charge in [-0.2, -0.15) is 0 Å². The molecule has 0 saturated carbocycles. The molecule has 0 aromatic heterocycles. The van der Waals surface area contributed by atoms with Gasteiger partial charge >= 0.3 is 0 Å². The quantitative estimate of drug-likeness (QED) is 0.0252. The number of Topliss-reactive ketones (excluding diaryl/α,β-unsaturated/α-hetero) is 1. The average Bonchev–Trinajstić information content (AvgIpc) is 0.875. The van der Waals surface area contributed by atoms with Crippen LogP contribution in [0.25, 0.3) is 0 Å². The molecule has 47 heteroatoms. The number of nitrogens with one attached hydrogen (secondary N) is 7. The maximum Gasteiger partial charge on any atom is 0.234 e. The Kier molecular flexibility index (Phi) is 49.0. The summed E-state index contributed by atoms with van der Waals surface area (Å²) in [5.41, 5.74) is 0. The number of ketones is 1. The molecule has 0 aromatic rings. The van der Waals surface area contributed by atoms with Crippen molar-refractivity contribution in [3.8, 4) is 0 Å². The zero-order chi connectivity index (χ0) is 88.0. The molecule has 0 aliphatic carbocycles. The lowest BCUT2D eigenvalue weighted by Crippen LogP contribution is -2.65. The van der Waals surface area contributed by atoms with Crippen molar-refractivity contribution < 1.29 is 192 Å². The zero-order valence-corrected chi connectivity index (χ0v) is 67.0. The molecule has 7 amide bonds. The number of carbonyl (C=O) groups excluding carboxylic acids is 8. The molecule has 6 fully saturated rings. The van der Waals surface area contributed by atoms with Crippen molar-refractivity contribution in [2.75, 3.05) is 112 Å². The molecule has 118 heavy (non-hydrogen) atoms. The van der Waals surface area contributed by atoms with Gasteiger partial charge in [-0.3, -0.25) is 43.3 Å². The molecule has 0 unspecified atom stereocenters. The molecule has 0 bridgehead atoms. The number of aliphatic hydroxyl groups is 19. The predicted octanol–water partition coefficient (Wildman–Crippen LogP) is -13.4. The van der Waals surface area contributed by atoms with Crippen LogP contribution in [0.2, 0.25) is 0 Å². The summed E-state index contributed by atoms with van der Waals surface area (Å²) in [6.45, 7) is 7.48. The minimum Gasteiger partial charge on any atom is -0.394 e. The first-order valence-corrected chi connectivity index (χ1v) is 39.5. The van der Waals surface area contributed by atoms with Crippen LogP contribution in [0, 0.1) is 0 Å². The summed E-state index contributed by atoms with van der Waals surface area (Å²) in [6, 6.07) is 0. The van der Waals surface area contributed by atoms with Crippen LogP contribution in [0.5, 0.6) is 0 Å². The third-order valence-electron chi connectivity index (χ3n) is 19.3. The number of unbranched alkanes of at least 4 members (excludes halogenated alkanes) is 2. The van der Waals surface area contributed by atoms with Crippen LogP contribution in [0.4, 0.5) is 0 Å². The maximum absolute atomic E-state index is 13.2. The summed E-state index contributed by atoms with van der Waals surface area (Å²) in [7, 11) is 0. The summed E-state index contributed by atoms with van der Waals surface area (Å²) < 4.78 is 65.3. The fourth-order valence-corrected chi connectivity index (χ4v) is 12.4. The van der Waals surface area contributed by atoms with Crippen molar-refractivity contribution in [1.82, 2.24) is 42.1 Å². The Labute approximate surface area is 681 Å². The third-order valence-corrected chi connectivity index (χ3v) is 19.3. The molecule has 6 aliphatic heterocycles. The van der Waals surface area contributed by atoms with Gasteiger partial charge in [0.2, 0.25) is 41.4 Å². The van der Waals surface area contributed by atoms with Crippen molar-refractivity contribution in [2.24, 2.45) is 0 Å². The first-order chi connectivity index (χ1) is 55.9. The summed E-state index contributed by atoms with van der Waals surface area (Å²) in [4.78, 5) is 97.7. The van der Waals surface area contributed by atoms with Crippen LogP contribution in [-0.4, -0.2) is 445 Å². The molecule has 6 heterocycles. The number of amides is 7. The van der Waals surface area contributed by atoms with Gasteiger partial charge in [-0.05, 0) is 60.8 Å². The van der Waals surface area contributed by atoms with Gasteiger partial charge in [-0.1, -0.05) is 6.42 Å². The molecular formula is C71H128N8O39. The van der Waals surface area contributed by atoms with E-state index in [2.05, 4.69) is 37.2 Å². The predicted molar refractivity (Wildman–Crippen MR) is 396 cm³/mol. The van der Waals surface area contributed by atoms with Crippen LogP contribution < -0.4 is 37.2 Å². The molecule has 26 N–H and O–H groups in total. The van der Waals surface area contributed by atoms with Gasteiger partial charge in [-0.25, -0.2) is 0 Å². The van der Waals surface area contributed by atoms with Gasteiger partial charge in [0.05, 0.1) is 84.2 Å². The van der Waals surface area contributed by atoms with Gasteiger partial charge in [-0.15, -0.1) is 0 Å². The molecule has 6 rings (SSSR count). The van der Waals surface area contributed by atoms with E-state index in [0.29, 0.717) is 51.7 Å². The number of carbonyl (C=O) groups is 8. The van der Waals surface area contributed by atoms with Crippen LogP contribution in [-0.2, 0) is 95.2 Å². The first-order valence-electron chi connectivity index (χ1n) is 39.5. The highest BCUT2D eigenvalue weighted by atomic mass is 16.8. The normalized spacial score (nSPS) is 34.7. The first kappa shape index (κ1) is 105. The van der Waals surface area contributed by atoms with E-state index in [1.807, 2.05) is 13.8 Å². The SMILES string of the molecule is CCNC(=O)CCC(=O)CCCO[C@@H]1O[C@@H](C)[C@@H](O)[C@@H](O)[C@@H]1O.CCNC(=O)CCC(=O)NCCO[C@@H]1O[C@@H](C)[C@@H](O)[C@@H](O)[C@@H]1O.CCNC(=O)CCCCCNC(=O)CN(CC(=O)NCCO[C@@H]1O[C@@H](C)[C@@H](O)[C@@H](O)[C@@H]1O)CC(=O)NCCO[C@@H]1O[C@H](CO[C@H]2O[C@H](CO)[C@@H](O)[C@H](O)[C@@H]2O)[C@@H](O)[C@H](O[C@H]2O[C@H](CO)[C@@H](O)[C@H](O)[C@@H]2O)[C@@H]1O. The molecule has 686 valence electrons. The van der Waals surface area contributed by atoms with E-state index in [4.69, 9.17) is 56.8 Å². The van der Waals surface area contributed by atoms with Crippen LogP contribution in [0.3, 0.4) is 0 Å². The molecule has 47 nitrogen and oxygen atoms in total. The molecule has 0 spiro atoms. The number of hydrogen-bond donors (Lipinski definition) is 26. The Morgan fingerprint density at radius 2 is 0.627 bits per heavy atom. The molecular weight excluding hydrogens is 1590 g/mol. The highest BCUT2D eigenvalue weighted by Crippen LogP contribution is 2.32. The maximum atomic E-state index is 13.2. The second-order valence-corrected chi connectivity index (χ2v) is 28.7. The topological polar surface area (TPSA) is 719 Å². The van der Waals surface area contributed by atoms with Gasteiger partial charge in [0, 0.05) is 84.3 Å². The highest BCUT2D eigenvalue weighted by Gasteiger charge is 2.53. The molecule has 30 atom stereocenters. The Bertz CT molecular complexity index is 2860. The second-order valence-electron chi connectivity index (χ2n) is 28.7. The van der Waals surface area contributed by atoms with E-state index in [9.17, 15) is 135 Å². The lowest BCUT2D eigenvalue weighted by molar-refractivity contribution is -0.366. The molecule has 0 aromatic carbocycles. The fraction of sp³-hybridized carbons (Fsp3) is 0.887. The van der Waals surface area contributed by atoms with E-state index in [1.54, 1.807) is 20.8 Å². The molecule has 6 aliphatic rings. The number of hydrogen-bond acceptors (Lipinski definition) is 40. The Morgan fingerprint density at radius 1 is 0.297 bits per heavy atom. The van der Waals surface area contributed by atoms with Gasteiger partial charge < -0.3 is 191 Å². The van der Waals surface area contributed by atoms with Crippen molar-refractivity contribution in [1.29, 1.82) is 0 Å². The van der Waals surface area contributed by atoms with Crippen molar-refractivity contribution in [2.45, 2.75) is 290 Å². The van der Waals surface area contributed by atoms with Gasteiger partial charge in [0.15, 0.2) is 37.7 Å². The smallest absolute Gasteiger partial charge is 0.234 e. The van der Waals surface area contributed by atoms with Crippen molar-refractivity contribution in [3.05, 3.63) is 0 Å². The monoisotopic (exact) mass is 1720 g/mol. The van der Waals surface area contributed by atoms with Crippen LogP contribution in [0.15, 0.2) is 0 Å². The molecule has 6 saturated heterocycles. The summed E-state index contributed by atoms with van der Waals surface area (Å²) in [5.74, 6) is -2.60. The lowest BCUT2D eigenvalue weighted by atomic mass is 9.96. The van der Waals surface area contributed by atoms with E-state index < -0.39 is 248 Å².